The number of aromatic nitrogens is 2. The molecule has 4 aromatic rings. The summed E-state index contributed by atoms with van der Waals surface area (Å²) in [7, 11) is -3.65. The Morgan fingerprint density at radius 2 is 1.74 bits per heavy atom. The number of rotatable bonds is 6. The zero-order valence-electron chi connectivity index (χ0n) is 18.8. The van der Waals surface area contributed by atoms with E-state index in [0.29, 0.717) is 35.7 Å². The molecule has 0 unspecified atom stereocenters. The summed E-state index contributed by atoms with van der Waals surface area (Å²) in [6, 6.07) is 24.0. The molecule has 174 valence electrons. The Kier molecular flexibility index (Phi) is 5.85. The normalized spacial score (nSPS) is 14.0. The number of hydrogen-bond acceptors (Lipinski definition) is 4. The molecule has 34 heavy (non-hydrogen) atoms. The van der Waals surface area contributed by atoms with Gasteiger partial charge in [-0.3, -0.25) is 9.89 Å². The number of benzene rings is 3. The summed E-state index contributed by atoms with van der Waals surface area (Å²) >= 11 is 0. The molecule has 8 heteroatoms. The first-order valence-electron chi connectivity index (χ1n) is 11.1. The van der Waals surface area contributed by atoms with E-state index in [9.17, 15) is 13.2 Å². The molecular weight excluding hydrogens is 450 g/mol. The first-order chi connectivity index (χ1) is 16.4. The van der Waals surface area contributed by atoms with Gasteiger partial charge in [0, 0.05) is 18.2 Å². The molecule has 0 saturated carbocycles. The molecule has 3 aromatic carbocycles. The van der Waals surface area contributed by atoms with Crippen molar-refractivity contribution >= 4 is 10.0 Å². The lowest BCUT2D eigenvalue weighted by atomic mass is 10.1. The summed E-state index contributed by atoms with van der Waals surface area (Å²) in [6.45, 7) is 2.72. The molecule has 1 N–H and O–H groups in total. The third-order valence-corrected chi connectivity index (χ3v) is 7.86. The second-order valence-electron chi connectivity index (χ2n) is 8.38. The van der Waals surface area contributed by atoms with Gasteiger partial charge in [0.2, 0.25) is 10.0 Å². The first-order valence-corrected chi connectivity index (χ1v) is 12.5. The molecule has 5 rings (SSSR count). The van der Waals surface area contributed by atoms with Gasteiger partial charge in [-0.15, -0.1) is 0 Å². The van der Waals surface area contributed by atoms with E-state index in [2.05, 4.69) is 5.10 Å². The zero-order valence-corrected chi connectivity index (χ0v) is 19.6. The van der Waals surface area contributed by atoms with E-state index in [-0.39, 0.29) is 23.5 Å². The fourth-order valence-corrected chi connectivity index (χ4v) is 5.51. The molecule has 0 aliphatic carbocycles. The SMILES string of the molecule is Cc1ccc(S(=O)(=O)N2CCc3c([nH]n(-c4cccc(OCc5ccccc5)c4)c3=O)C2)cc1. The van der Waals surface area contributed by atoms with Gasteiger partial charge in [0.05, 0.1) is 22.8 Å². The second kappa shape index (κ2) is 8.96. The van der Waals surface area contributed by atoms with E-state index in [1.807, 2.05) is 55.5 Å². The average molecular weight is 476 g/mol. The molecule has 0 bridgehead atoms. The topological polar surface area (TPSA) is 84.4 Å². The molecule has 1 aliphatic rings. The van der Waals surface area contributed by atoms with Gasteiger partial charge in [0.15, 0.2) is 0 Å². The van der Waals surface area contributed by atoms with Crippen molar-refractivity contribution in [1.29, 1.82) is 0 Å². The smallest absolute Gasteiger partial charge is 0.274 e. The van der Waals surface area contributed by atoms with E-state index in [1.54, 1.807) is 30.3 Å². The van der Waals surface area contributed by atoms with Crippen molar-refractivity contribution in [3.63, 3.8) is 0 Å². The average Bonchev–Trinajstić information content (AvgIpc) is 3.20. The maximum Gasteiger partial charge on any atom is 0.274 e. The van der Waals surface area contributed by atoms with Gasteiger partial charge in [0.25, 0.3) is 5.56 Å². The van der Waals surface area contributed by atoms with Gasteiger partial charge >= 0.3 is 0 Å². The molecule has 1 aliphatic heterocycles. The van der Waals surface area contributed by atoms with Crippen LogP contribution in [-0.4, -0.2) is 29.0 Å². The van der Waals surface area contributed by atoms with Crippen LogP contribution in [-0.2, 0) is 29.6 Å². The van der Waals surface area contributed by atoms with E-state index in [1.165, 1.54) is 8.99 Å². The fourth-order valence-electron chi connectivity index (χ4n) is 4.10. The molecule has 0 amide bonds. The van der Waals surface area contributed by atoms with Crippen LogP contribution in [0.4, 0.5) is 0 Å². The Bertz CT molecular complexity index is 1470. The summed E-state index contributed by atoms with van der Waals surface area (Å²) in [5, 5.41) is 3.12. The lowest BCUT2D eigenvalue weighted by molar-refractivity contribution is 0.306. The first kappa shape index (κ1) is 22.2. The third-order valence-electron chi connectivity index (χ3n) is 6.00. The van der Waals surface area contributed by atoms with Crippen LogP contribution in [0.3, 0.4) is 0 Å². The minimum atomic E-state index is -3.65. The number of nitrogens with zero attached hydrogens (tertiary/aromatic N) is 2. The number of hydrogen-bond donors (Lipinski definition) is 1. The molecule has 0 spiro atoms. The second-order valence-corrected chi connectivity index (χ2v) is 10.3. The van der Waals surface area contributed by atoms with Gasteiger partial charge < -0.3 is 4.74 Å². The zero-order chi connectivity index (χ0) is 23.7. The molecule has 0 fully saturated rings. The number of nitrogens with one attached hydrogen (secondary N) is 1. The highest BCUT2D eigenvalue weighted by Crippen LogP contribution is 2.24. The molecular formula is C26H25N3O4S. The van der Waals surface area contributed by atoms with Crippen LogP contribution in [0.25, 0.3) is 5.69 Å². The van der Waals surface area contributed by atoms with Crippen LogP contribution < -0.4 is 10.3 Å². The van der Waals surface area contributed by atoms with E-state index in [4.69, 9.17) is 4.74 Å². The van der Waals surface area contributed by atoms with Gasteiger partial charge in [-0.25, -0.2) is 13.1 Å². The Morgan fingerprint density at radius 3 is 2.50 bits per heavy atom. The predicted octanol–water partition coefficient (Wildman–Crippen LogP) is 3.80. The van der Waals surface area contributed by atoms with E-state index in [0.717, 1.165) is 11.1 Å². The van der Waals surface area contributed by atoms with Crippen molar-refractivity contribution in [2.45, 2.75) is 31.4 Å². The molecule has 1 aromatic heterocycles. The van der Waals surface area contributed by atoms with Gasteiger partial charge in [0.1, 0.15) is 12.4 Å². The number of ether oxygens (including phenoxy) is 1. The minimum absolute atomic E-state index is 0.123. The van der Waals surface area contributed by atoms with Crippen molar-refractivity contribution in [2.75, 3.05) is 6.54 Å². The molecule has 0 saturated heterocycles. The summed E-state index contributed by atoms with van der Waals surface area (Å²) in [5.74, 6) is 0.643. The summed E-state index contributed by atoms with van der Waals surface area (Å²) in [5.41, 5.74) is 3.75. The van der Waals surface area contributed by atoms with Crippen molar-refractivity contribution in [1.82, 2.24) is 14.1 Å². The Balaban J connectivity index is 1.38. The van der Waals surface area contributed by atoms with Crippen molar-refractivity contribution in [3.8, 4) is 11.4 Å². The largest absolute Gasteiger partial charge is 0.489 e. The summed E-state index contributed by atoms with van der Waals surface area (Å²) < 4.78 is 35.0. The monoisotopic (exact) mass is 475 g/mol. The maximum atomic E-state index is 13.1. The Hall–Kier alpha value is -3.62. The third kappa shape index (κ3) is 4.30. The van der Waals surface area contributed by atoms with Crippen molar-refractivity contribution < 1.29 is 13.2 Å². The summed E-state index contributed by atoms with van der Waals surface area (Å²) in [6.07, 6.45) is 0.354. The highest BCUT2D eigenvalue weighted by atomic mass is 32.2. The number of aromatic amines is 1. The summed E-state index contributed by atoms with van der Waals surface area (Å²) in [4.78, 5) is 13.3. The number of sulfonamides is 1. The van der Waals surface area contributed by atoms with Crippen LogP contribution in [0.15, 0.2) is 88.6 Å². The fraction of sp³-hybridized carbons (Fsp3) is 0.192. The van der Waals surface area contributed by atoms with E-state index >= 15 is 0 Å². The van der Waals surface area contributed by atoms with Crippen LogP contribution in [0.1, 0.15) is 22.4 Å². The highest BCUT2D eigenvalue weighted by molar-refractivity contribution is 7.89. The van der Waals surface area contributed by atoms with Crippen molar-refractivity contribution in [2.24, 2.45) is 0 Å². The molecule has 0 radical (unpaired) electrons. The molecule has 7 nitrogen and oxygen atoms in total. The predicted molar refractivity (Wildman–Crippen MR) is 130 cm³/mol. The van der Waals surface area contributed by atoms with Crippen LogP contribution >= 0.6 is 0 Å². The number of aryl methyl sites for hydroxylation is 1. The quantitative estimate of drug-likeness (QED) is 0.460. The van der Waals surface area contributed by atoms with Gasteiger partial charge in [-0.1, -0.05) is 54.1 Å². The van der Waals surface area contributed by atoms with Crippen molar-refractivity contribution in [3.05, 3.63) is 112 Å². The van der Waals surface area contributed by atoms with Gasteiger partial charge in [-0.2, -0.15) is 4.31 Å². The maximum absolute atomic E-state index is 13.1. The lowest BCUT2D eigenvalue weighted by Gasteiger charge is -2.25. The number of fused-ring (bicyclic) bond motifs is 1. The van der Waals surface area contributed by atoms with Crippen LogP contribution in [0, 0.1) is 6.92 Å². The number of H-pyrrole nitrogens is 1. The van der Waals surface area contributed by atoms with E-state index < -0.39 is 10.0 Å². The highest BCUT2D eigenvalue weighted by Gasteiger charge is 2.31. The Labute approximate surface area is 198 Å². The molecule has 2 heterocycles. The van der Waals surface area contributed by atoms with Gasteiger partial charge in [-0.05, 0) is 43.2 Å². The minimum Gasteiger partial charge on any atom is -0.489 e. The standard InChI is InChI=1S/C26H25N3O4S/c1-19-10-12-23(13-11-19)34(31,32)28-15-14-24-25(17-28)27-29(26(24)30)21-8-5-9-22(16-21)33-18-20-6-3-2-4-7-20/h2-13,16,27H,14-15,17-18H2,1H3. The molecule has 0 atom stereocenters. The lowest BCUT2D eigenvalue weighted by Crippen LogP contribution is -2.37. The van der Waals surface area contributed by atoms with Crippen LogP contribution in [0.2, 0.25) is 0 Å². The van der Waals surface area contributed by atoms with Crippen LogP contribution in [0.5, 0.6) is 5.75 Å². The Morgan fingerprint density at radius 1 is 0.971 bits per heavy atom.